The van der Waals surface area contributed by atoms with E-state index in [1.807, 2.05) is 6.20 Å². The maximum atomic E-state index is 5.73. The third-order valence-corrected chi connectivity index (χ3v) is 3.58. The number of hydrogen-bond donors (Lipinski definition) is 1. The number of aryl methyl sites for hydroxylation is 1. The average molecular weight is 182 g/mol. The van der Waals surface area contributed by atoms with Gasteiger partial charge in [0.2, 0.25) is 0 Å². The summed E-state index contributed by atoms with van der Waals surface area (Å²) in [6, 6.07) is 0. The van der Waals surface area contributed by atoms with E-state index < -0.39 is 0 Å². The van der Waals surface area contributed by atoms with Crippen molar-refractivity contribution in [1.82, 2.24) is 4.37 Å². The molecule has 0 fully saturated rings. The standard InChI is InChI=1S/C9H14N2S/c10-5-7-3-1-2-4-8-6-11-12-9(7)8/h6-7H,1-5,10H2. The van der Waals surface area contributed by atoms with E-state index >= 15 is 0 Å². The van der Waals surface area contributed by atoms with E-state index in [9.17, 15) is 0 Å². The van der Waals surface area contributed by atoms with E-state index in [0.717, 1.165) is 6.54 Å². The smallest absolute Gasteiger partial charge is 0.0441 e. The molecule has 0 saturated heterocycles. The van der Waals surface area contributed by atoms with Crippen LogP contribution < -0.4 is 5.73 Å². The van der Waals surface area contributed by atoms with Crippen LogP contribution in [-0.4, -0.2) is 10.9 Å². The highest BCUT2D eigenvalue weighted by atomic mass is 32.1. The van der Waals surface area contributed by atoms with Gasteiger partial charge in [-0.25, -0.2) is 4.37 Å². The number of nitrogens with zero attached hydrogens (tertiary/aromatic N) is 1. The molecule has 0 spiro atoms. The van der Waals surface area contributed by atoms with Crippen LogP contribution in [0.3, 0.4) is 0 Å². The molecule has 1 atom stereocenters. The van der Waals surface area contributed by atoms with Gasteiger partial charge in [0.25, 0.3) is 0 Å². The minimum atomic E-state index is 0.593. The SMILES string of the molecule is NCC1CCCCc2cnsc21. The first-order valence-electron chi connectivity index (χ1n) is 4.55. The zero-order chi connectivity index (χ0) is 8.39. The summed E-state index contributed by atoms with van der Waals surface area (Å²) in [4.78, 5) is 1.45. The van der Waals surface area contributed by atoms with E-state index in [2.05, 4.69) is 4.37 Å². The molecule has 3 heteroatoms. The van der Waals surface area contributed by atoms with E-state index in [1.165, 1.54) is 36.1 Å². The first-order chi connectivity index (χ1) is 5.92. The fraction of sp³-hybridized carbons (Fsp3) is 0.667. The predicted molar refractivity (Wildman–Crippen MR) is 51.5 cm³/mol. The number of nitrogens with two attached hydrogens (primary N) is 1. The summed E-state index contributed by atoms with van der Waals surface area (Å²) < 4.78 is 4.23. The van der Waals surface area contributed by atoms with Gasteiger partial charge in [-0.2, -0.15) is 0 Å². The third kappa shape index (κ3) is 1.39. The lowest BCUT2D eigenvalue weighted by atomic mass is 10.0. The van der Waals surface area contributed by atoms with Crippen molar-refractivity contribution in [3.63, 3.8) is 0 Å². The fourth-order valence-electron chi connectivity index (χ4n) is 1.86. The molecule has 2 N–H and O–H groups in total. The van der Waals surface area contributed by atoms with Gasteiger partial charge in [0.1, 0.15) is 0 Å². The molecule has 2 nitrogen and oxygen atoms in total. The van der Waals surface area contributed by atoms with Crippen LogP contribution in [0.4, 0.5) is 0 Å². The van der Waals surface area contributed by atoms with E-state index in [4.69, 9.17) is 5.73 Å². The molecule has 1 aliphatic carbocycles. The normalized spacial score (nSPS) is 23.2. The molecule has 1 aliphatic rings. The topological polar surface area (TPSA) is 38.9 Å². The third-order valence-electron chi connectivity index (χ3n) is 2.58. The molecule has 1 aromatic heterocycles. The highest BCUT2D eigenvalue weighted by Gasteiger charge is 2.18. The molecule has 0 radical (unpaired) electrons. The Balaban J connectivity index is 2.29. The molecule has 0 amide bonds. The molecule has 2 rings (SSSR count). The molecule has 1 aromatic rings. The summed E-state index contributed by atoms with van der Waals surface area (Å²) >= 11 is 1.64. The Morgan fingerprint density at radius 3 is 3.33 bits per heavy atom. The van der Waals surface area contributed by atoms with E-state index in [-0.39, 0.29) is 0 Å². The van der Waals surface area contributed by atoms with Gasteiger partial charge >= 0.3 is 0 Å². The Morgan fingerprint density at radius 2 is 2.50 bits per heavy atom. The van der Waals surface area contributed by atoms with Gasteiger partial charge in [0, 0.05) is 23.5 Å². The maximum Gasteiger partial charge on any atom is 0.0441 e. The summed E-state index contributed by atoms with van der Waals surface area (Å²) in [5.41, 5.74) is 7.18. The summed E-state index contributed by atoms with van der Waals surface area (Å²) in [6.07, 6.45) is 7.12. The van der Waals surface area contributed by atoms with Gasteiger partial charge < -0.3 is 5.73 Å². The van der Waals surface area contributed by atoms with Crippen molar-refractivity contribution in [3.8, 4) is 0 Å². The van der Waals surface area contributed by atoms with Gasteiger partial charge in [0.05, 0.1) is 0 Å². The number of rotatable bonds is 1. The molecule has 1 heterocycles. The van der Waals surface area contributed by atoms with Crippen molar-refractivity contribution in [2.24, 2.45) is 5.73 Å². The lowest BCUT2D eigenvalue weighted by molar-refractivity contribution is 0.608. The van der Waals surface area contributed by atoms with E-state index in [0.29, 0.717) is 5.92 Å². The van der Waals surface area contributed by atoms with Crippen molar-refractivity contribution in [2.45, 2.75) is 31.6 Å². The lowest BCUT2D eigenvalue weighted by Crippen LogP contribution is -2.11. The highest BCUT2D eigenvalue weighted by Crippen LogP contribution is 2.31. The van der Waals surface area contributed by atoms with Crippen molar-refractivity contribution in [1.29, 1.82) is 0 Å². The fourth-order valence-corrected chi connectivity index (χ4v) is 2.78. The Bertz CT molecular complexity index is 257. The van der Waals surface area contributed by atoms with Gasteiger partial charge in [-0.1, -0.05) is 6.42 Å². The Labute approximate surface area is 77.0 Å². The molecular formula is C9H14N2S. The second kappa shape index (κ2) is 3.54. The monoisotopic (exact) mass is 182 g/mol. The van der Waals surface area contributed by atoms with Gasteiger partial charge in [-0.3, -0.25) is 0 Å². The van der Waals surface area contributed by atoms with Crippen LogP contribution in [0.25, 0.3) is 0 Å². The quantitative estimate of drug-likeness (QED) is 0.674. The first-order valence-corrected chi connectivity index (χ1v) is 5.32. The van der Waals surface area contributed by atoms with Crippen LogP contribution in [0.1, 0.15) is 35.6 Å². The zero-order valence-corrected chi connectivity index (χ0v) is 7.94. The van der Waals surface area contributed by atoms with Crippen LogP contribution >= 0.6 is 11.5 Å². The number of hydrogen-bond acceptors (Lipinski definition) is 3. The van der Waals surface area contributed by atoms with Crippen molar-refractivity contribution in [3.05, 3.63) is 16.6 Å². The molecule has 0 aliphatic heterocycles. The van der Waals surface area contributed by atoms with Crippen LogP contribution in [-0.2, 0) is 6.42 Å². The molecule has 0 aromatic carbocycles. The molecule has 12 heavy (non-hydrogen) atoms. The minimum absolute atomic E-state index is 0.593. The molecule has 0 saturated carbocycles. The molecule has 0 bridgehead atoms. The second-order valence-electron chi connectivity index (χ2n) is 3.39. The van der Waals surface area contributed by atoms with Crippen molar-refractivity contribution in [2.75, 3.05) is 6.54 Å². The van der Waals surface area contributed by atoms with E-state index in [1.54, 1.807) is 11.5 Å². The molecule has 66 valence electrons. The average Bonchev–Trinajstić information content (AvgIpc) is 2.46. The number of fused-ring (bicyclic) bond motifs is 1. The largest absolute Gasteiger partial charge is 0.330 e. The van der Waals surface area contributed by atoms with Crippen molar-refractivity contribution < 1.29 is 0 Å². The van der Waals surface area contributed by atoms with Crippen LogP contribution in [0, 0.1) is 0 Å². The Kier molecular flexibility index (Phi) is 2.42. The maximum absolute atomic E-state index is 5.73. The van der Waals surface area contributed by atoms with Crippen LogP contribution in [0.2, 0.25) is 0 Å². The van der Waals surface area contributed by atoms with Crippen LogP contribution in [0.5, 0.6) is 0 Å². The predicted octanol–water partition coefficient (Wildman–Crippen LogP) is 1.91. The Hall–Kier alpha value is -0.410. The van der Waals surface area contributed by atoms with Gasteiger partial charge in [-0.15, -0.1) is 0 Å². The first kappa shape index (κ1) is 8.20. The number of aromatic nitrogens is 1. The second-order valence-corrected chi connectivity index (χ2v) is 4.23. The van der Waals surface area contributed by atoms with Crippen molar-refractivity contribution >= 4 is 11.5 Å². The zero-order valence-electron chi connectivity index (χ0n) is 7.12. The summed E-state index contributed by atoms with van der Waals surface area (Å²) in [6.45, 7) is 0.787. The molecular weight excluding hydrogens is 168 g/mol. The lowest BCUT2D eigenvalue weighted by Gasteiger charge is -2.09. The highest BCUT2D eigenvalue weighted by molar-refractivity contribution is 7.06. The summed E-state index contributed by atoms with van der Waals surface area (Å²) in [7, 11) is 0. The summed E-state index contributed by atoms with van der Waals surface area (Å²) in [5, 5.41) is 0. The van der Waals surface area contributed by atoms with Crippen LogP contribution in [0.15, 0.2) is 6.20 Å². The van der Waals surface area contributed by atoms with Gasteiger partial charge in [0.15, 0.2) is 0 Å². The molecule has 1 unspecified atom stereocenters. The Morgan fingerprint density at radius 1 is 1.58 bits per heavy atom. The minimum Gasteiger partial charge on any atom is -0.330 e. The summed E-state index contributed by atoms with van der Waals surface area (Å²) in [5.74, 6) is 0.593. The van der Waals surface area contributed by atoms with Gasteiger partial charge in [-0.05, 0) is 36.4 Å².